The van der Waals surface area contributed by atoms with Crippen molar-refractivity contribution in [2.75, 3.05) is 6.54 Å². The molecule has 2 aromatic rings. The minimum atomic E-state index is -0.735. The van der Waals surface area contributed by atoms with Crippen LogP contribution in [0, 0.1) is 6.92 Å². The SMILES string of the molecule is Cc1cccc(C(O)CN(Cc2ccccc2)C(=O)C(C)N)c1. The number of benzene rings is 2. The fraction of sp³-hybridized carbons (Fsp3) is 0.316. The molecule has 0 fully saturated rings. The second-order valence-electron chi connectivity index (χ2n) is 5.92. The van der Waals surface area contributed by atoms with Crippen molar-refractivity contribution in [2.45, 2.75) is 32.5 Å². The molecule has 0 aliphatic carbocycles. The Kier molecular flexibility index (Phi) is 5.90. The van der Waals surface area contributed by atoms with Gasteiger partial charge >= 0.3 is 0 Å². The molecule has 2 atom stereocenters. The van der Waals surface area contributed by atoms with Crippen LogP contribution in [-0.4, -0.2) is 28.5 Å². The van der Waals surface area contributed by atoms with Crippen molar-refractivity contribution in [3.63, 3.8) is 0 Å². The molecule has 122 valence electrons. The highest BCUT2D eigenvalue weighted by atomic mass is 16.3. The normalized spacial score (nSPS) is 13.4. The number of amides is 1. The molecular weight excluding hydrogens is 288 g/mol. The maximum Gasteiger partial charge on any atom is 0.239 e. The molecule has 0 saturated heterocycles. The monoisotopic (exact) mass is 312 g/mol. The van der Waals surface area contributed by atoms with E-state index < -0.39 is 12.1 Å². The van der Waals surface area contributed by atoms with Gasteiger partial charge < -0.3 is 15.7 Å². The highest BCUT2D eigenvalue weighted by molar-refractivity contribution is 5.81. The van der Waals surface area contributed by atoms with Crippen molar-refractivity contribution in [2.24, 2.45) is 5.73 Å². The summed E-state index contributed by atoms with van der Waals surface area (Å²) >= 11 is 0. The molecule has 4 heteroatoms. The highest BCUT2D eigenvalue weighted by Crippen LogP contribution is 2.17. The lowest BCUT2D eigenvalue weighted by molar-refractivity contribution is -0.134. The van der Waals surface area contributed by atoms with Crippen LogP contribution < -0.4 is 5.73 Å². The van der Waals surface area contributed by atoms with E-state index in [2.05, 4.69) is 0 Å². The van der Waals surface area contributed by atoms with E-state index in [1.807, 2.05) is 61.5 Å². The van der Waals surface area contributed by atoms with E-state index in [1.54, 1.807) is 11.8 Å². The van der Waals surface area contributed by atoms with Crippen LogP contribution in [0.2, 0.25) is 0 Å². The summed E-state index contributed by atoms with van der Waals surface area (Å²) in [6, 6.07) is 16.8. The number of carbonyl (C=O) groups is 1. The molecule has 4 nitrogen and oxygen atoms in total. The van der Waals surface area contributed by atoms with Crippen molar-refractivity contribution >= 4 is 5.91 Å². The van der Waals surface area contributed by atoms with Crippen LogP contribution in [0.5, 0.6) is 0 Å². The smallest absolute Gasteiger partial charge is 0.239 e. The van der Waals surface area contributed by atoms with Crippen LogP contribution in [0.25, 0.3) is 0 Å². The van der Waals surface area contributed by atoms with Crippen molar-refractivity contribution in [1.29, 1.82) is 0 Å². The Hall–Kier alpha value is -2.17. The Morgan fingerprint density at radius 1 is 1.17 bits per heavy atom. The lowest BCUT2D eigenvalue weighted by Crippen LogP contribution is -2.43. The minimum absolute atomic E-state index is 0.166. The Bertz CT molecular complexity index is 641. The maximum atomic E-state index is 12.4. The molecule has 0 aliphatic rings. The van der Waals surface area contributed by atoms with Crippen LogP contribution in [0.4, 0.5) is 0 Å². The number of aryl methyl sites for hydroxylation is 1. The molecule has 0 heterocycles. The van der Waals surface area contributed by atoms with Crippen LogP contribution in [0.15, 0.2) is 54.6 Å². The topological polar surface area (TPSA) is 66.6 Å². The molecule has 0 aliphatic heterocycles. The summed E-state index contributed by atoms with van der Waals surface area (Å²) in [5.41, 5.74) is 8.65. The molecule has 2 unspecified atom stereocenters. The van der Waals surface area contributed by atoms with E-state index in [-0.39, 0.29) is 12.5 Å². The van der Waals surface area contributed by atoms with Crippen molar-refractivity contribution in [3.05, 3.63) is 71.3 Å². The van der Waals surface area contributed by atoms with Gasteiger partial charge in [0.05, 0.1) is 18.7 Å². The van der Waals surface area contributed by atoms with Crippen molar-refractivity contribution in [3.8, 4) is 0 Å². The molecular formula is C19H24N2O2. The fourth-order valence-corrected chi connectivity index (χ4v) is 2.52. The third-order valence-electron chi connectivity index (χ3n) is 3.74. The lowest BCUT2D eigenvalue weighted by atomic mass is 10.1. The predicted octanol–water partition coefficient (Wildman–Crippen LogP) is 2.40. The summed E-state index contributed by atoms with van der Waals surface area (Å²) in [7, 11) is 0. The van der Waals surface area contributed by atoms with Gasteiger partial charge in [0.15, 0.2) is 0 Å². The van der Waals surface area contributed by atoms with E-state index in [0.29, 0.717) is 6.54 Å². The zero-order valence-electron chi connectivity index (χ0n) is 13.6. The largest absolute Gasteiger partial charge is 0.387 e. The van der Waals surface area contributed by atoms with Crippen LogP contribution in [0.1, 0.15) is 29.7 Å². The first-order valence-corrected chi connectivity index (χ1v) is 7.80. The number of nitrogens with zero attached hydrogens (tertiary/aromatic N) is 1. The quantitative estimate of drug-likeness (QED) is 0.861. The Labute approximate surface area is 137 Å². The maximum absolute atomic E-state index is 12.4. The number of nitrogens with two attached hydrogens (primary N) is 1. The number of hydrogen-bond acceptors (Lipinski definition) is 3. The molecule has 0 spiro atoms. The summed E-state index contributed by atoms with van der Waals surface area (Å²) in [6.45, 7) is 4.30. The average Bonchev–Trinajstić information content (AvgIpc) is 2.54. The Morgan fingerprint density at radius 2 is 1.87 bits per heavy atom. The molecule has 2 aromatic carbocycles. The first kappa shape index (κ1) is 17.2. The minimum Gasteiger partial charge on any atom is -0.387 e. The van der Waals surface area contributed by atoms with Crippen LogP contribution >= 0.6 is 0 Å². The van der Waals surface area contributed by atoms with E-state index in [9.17, 15) is 9.90 Å². The summed E-state index contributed by atoms with van der Waals surface area (Å²) in [6.07, 6.45) is -0.735. The molecule has 0 aromatic heterocycles. The summed E-state index contributed by atoms with van der Waals surface area (Å²) in [4.78, 5) is 14.0. The van der Waals surface area contributed by atoms with Gasteiger partial charge in [-0.25, -0.2) is 0 Å². The number of hydrogen-bond donors (Lipinski definition) is 2. The third-order valence-corrected chi connectivity index (χ3v) is 3.74. The highest BCUT2D eigenvalue weighted by Gasteiger charge is 2.21. The van der Waals surface area contributed by atoms with E-state index in [0.717, 1.165) is 16.7 Å². The number of rotatable bonds is 6. The number of carbonyl (C=O) groups excluding carboxylic acids is 1. The summed E-state index contributed by atoms with van der Waals surface area (Å²) < 4.78 is 0. The fourth-order valence-electron chi connectivity index (χ4n) is 2.52. The van der Waals surface area contributed by atoms with Gasteiger partial charge in [-0.3, -0.25) is 4.79 Å². The first-order valence-electron chi connectivity index (χ1n) is 7.80. The van der Waals surface area contributed by atoms with E-state index >= 15 is 0 Å². The zero-order valence-corrected chi connectivity index (χ0v) is 13.6. The second-order valence-corrected chi connectivity index (χ2v) is 5.92. The Balaban J connectivity index is 2.15. The molecule has 23 heavy (non-hydrogen) atoms. The molecule has 1 amide bonds. The standard InChI is InChI=1S/C19H24N2O2/c1-14-7-6-10-17(11-14)18(22)13-21(19(23)15(2)20)12-16-8-4-3-5-9-16/h3-11,15,18,22H,12-13,20H2,1-2H3. The predicted molar refractivity (Wildman–Crippen MR) is 91.6 cm³/mol. The van der Waals surface area contributed by atoms with Gasteiger partial charge in [-0.1, -0.05) is 60.2 Å². The van der Waals surface area contributed by atoms with Crippen molar-refractivity contribution in [1.82, 2.24) is 4.90 Å². The summed E-state index contributed by atoms with van der Waals surface area (Å²) in [5.74, 6) is -0.166. The molecule has 0 radical (unpaired) electrons. The van der Waals surface area contributed by atoms with Gasteiger partial charge in [0.1, 0.15) is 0 Å². The molecule has 0 saturated carbocycles. The lowest BCUT2D eigenvalue weighted by Gasteiger charge is -2.27. The van der Waals surface area contributed by atoms with Gasteiger partial charge in [-0.15, -0.1) is 0 Å². The molecule has 3 N–H and O–H groups in total. The number of aliphatic hydroxyl groups excluding tert-OH is 1. The van der Waals surface area contributed by atoms with Gasteiger partial charge in [0.2, 0.25) is 5.91 Å². The molecule has 2 rings (SSSR count). The van der Waals surface area contributed by atoms with Gasteiger partial charge in [0, 0.05) is 6.54 Å². The van der Waals surface area contributed by atoms with Gasteiger partial charge in [-0.2, -0.15) is 0 Å². The van der Waals surface area contributed by atoms with E-state index in [1.165, 1.54) is 0 Å². The first-order chi connectivity index (χ1) is 11.0. The van der Waals surface area contributed by atoms with Crippen molar-refractivity contribution < 1.29 is 9.90 Å². The van der Waals surface area contributed by atoms with Gasteiger partial charge in [0.25, 0.3) is 0 Å². The average molecular weight is 312 g/mol. The third kappa shape index (κ3) is 4.91. The second kappa shape index (κ2) is 7.90. The summed E-state index contributed by atoms with van der Waals surface area (Å²) in [5, 5.41) is 10.5. The molecule has 0 bridgehead atoms. The number of aliphatic hydroxyl groups is 1. The van der Waals surface area contributed by atoms with Gasteiger partial charge in [-0.05, 0) is 25.0 Å². The van der Waals surface area contributed by atoms with Crippen LogP contribution in [0.3, 0.4) is 0 Å². The Morgan fingerprint density at radius 3 is 2.48 bits per heavy atom. The van der Waals surface area contributed by atoms with Crippen LogP contribution in [-0.2, 0) is 11.3 Å². The van der Waals surface area contributed by atoms with E-state index in [4.69, 9.17) is 5.73 Å². The zero-order chi connectivity index (χ0) is 16.8.